The molecule has 0 N–H and O–H groups in total. The molecule has 0 bridgehead atoms. The lowest BCUT2D eigenvalue weighted by atomic mass is 10.6. The van der Waals surface area contributed by atoms with E-state index in [1.54, 1.807) is 0 Å². The third kappa shape index (κ3) is 1.24. The van der Waals surface area contributed by atoms with Crippen molar-refractivity contribution >= 4 is 17.8 Å². The first-order valence-corrected chi connectivity index (χ1v) is 2.92. The summed E-state index contributed by atoms with van der Waals surface area (Å²) >= 11 is 5.46. The second kappa shape index (κ2) is 2.66. The van der Waals surface area contributed by atoms with E-state index in [2.05, 4.69) is 4.99 Å². The number of hydrogen-bond acceptors (Lipinski definition) is 3. The van der Waals surface area contributed by atoms with Crippen LogP contribution in [0.3, 0.4) is 0 Å². The van der Waals surface area contributed by atoms with Gasteiger partial charge in [-0.25, -0.2) is 10.1 Å². The molecule has 1 heterocycles. The van der Waals surface area contributed by atoms with E-state index in [1.807, 2.05) is 0 Å². The summed E-state index contributed by atoms with van der Waals surface area (Å²) in [6, 6.07) is 0. The van der Waals surface area contributed by atoms with Crippen LogP contribution in [0.4, 0.5) is 0 Å². The van der Waals surface area contributed by atoms with Gasteiger partial charge in [0.05, 0.1) is 6.20 Å². The lowest BCUT2D eigenvalue weighted by molar-refractivity contribution is -0.640. The number of aliphatic imine (C=N–C) groups is 1. The van der Waals surface area contributed by atoms with E-state index in [0.717, 1.165) is 5.01 Å². The summed E-state index contributed by atoms with van der Waals surface area (Å²) < 4.78 is 0. The molecule has 0 spiro atoms. The van der Waals surface area contributed by atoms with Crippen molar-refractivity contribution in [2.45, 2.75) is 5.50 Å². The molecule has 0 saturated heterocycles. The number of alkyl halides is 1. The molecule has 0 aromatic heterocycles. The van der Waals surface area contributed by atoms with Crippen LogP contribution < -0.4 is 0 Å². The Morgan fingerprint density at radius 2 is 2.50 bits per heavy atom. The van der Waals surface area contributed by atoms with Gasteiger partial charge in [-0.2, -0.15) is 0 Å². The molecular formula is C4H4ClN3O2. The highest BCUT2D eigenvalue weighted by molar-refractivity contribution is 6.27. The Labute approximate surface area is 61.7 Å². The molecule has 0 radical (unpaired) electrons. The van der Waals surface area contributed by atoms with Crippen LogP contribution in [0.25, 0.3) is 0 Å². The van der Waals surface area contributed by atoms with E-state index < -0.39 is 10.5 Å². The Morgan fingerprint density at radius 3 is 2.90 bits per heavy atom. The monoisotopic (exact) mass is 161 g/mol. The number of hydrogen-bond donors (Lipinski definition) is 0. The zero-order valence-electron chi connectivity index (χ0n) is 4.85. The maximum atomic E-state index is 10.1. The summed E-state index contributed by atoms with van der Waals surface area (Å²) in [6.07, 6.45) is 3.80. The molecule has 0 amide bonds. The summed E-state index contributed by atoms with van der Waals surface area (Å²) in [7, 11) is 0. The third-order valence-corrected chi connectivity index (χ3v) is 1.27. The molecule has 1 aliphatic heterocycles. The summed E-state index contributed by atoms with van der Waals surface area (Å²) in [6.45, 7) is 0. The summed E-state index contributed by atoms with van der Waals surface area (Å²) in [5.41, 5.74) is -0.778. The van der Waals surface area contributed by atoms with Crippen LogP contribution >= 0.6 is 11.6 Å². The standard InChI is InChI=1S/C4H4ClN3O2/c5-4-3-6-1-2-7(4)8(9)10/h1-4H. The smallest absolute Gasteiger partial charge is 0.202 e. The van der Waals surface area contributed by atoms with Crippen LogP contribution in [0.1, 0.15) is 0 Å². The maximum Gasteiger partial charge on any atom is 0.202 e. The third-order valence-electron chi connectivity index (χ3n) is 0.956. The Hall–Kier alpha value is -1.10. The molecular weight excluding hydrogens is 158 g/mol. The van der Waals surface area contributed by atoms with Crippen molar-refractivity contribution < 1.29 is 5.03 Å². The van der Waals surface area contributed by atoms with Gasteiger partial charge in [-0.15, -0.1) is 0 Å². The van der Waals surface area contributed by atoms with Gasteiger partial charge in [-0.05, 0) is 0 Å². The van der Waals surface area contributed by atoms with E-state index >= 15 is 0 Å². The normalized spacial score (nSPS) is 23.3. The van der Waals surface area contributed by atoms with Gasteiger partial charge in [0.1, 0.15) is 0 Å². The van der Waals surface area contributed by atoms with Crippen molar-refractivity contribution in [3.05, 3.63) is 22.5 Å². The van der Waals surface area contributed by atoms with E-state index in [9.17, 15) is 10.1 Å². The zero-order valence-corrected chi connectivity index (χ0v) is 5.60. The first kappa shape index (κ1) is 7.01. The summed E-state index contributed by atoms with van der Waals surface area (Å²) in [5, 5.41) is 10.3. The molecule has 0 aromatic carbocycles. The molecule has 10 heavy (non-hydrogen) atoms. The average Bonchev–Trinajstić information content (AvgIpc) is 1.88. The SMILES string of the molecule is O=[N+]([O-])N1C=CN=CC1Cl. The number of hydrazine groups is 1. The van der Waals surface area contributed by atoms with Crippen LogP contribution in [0.2, 0.25) is 0 Å². The minimum Gasteiger partial charge on any atom is -0.264 e. The largest absolute Gasteiger partial charge is 0.264 e. The lowest BCUT2D eigenvalue weighted by Crippen LogP contribution is -2.33. The molecule has 1 unspecified atom stereocenters. The molecule has 54 valence electrons. The van der Waals surface area contributed by atoms with Crippen LogP contribution in [0, 0.1) is 10.1 Å². The van der Waals surface area contributed by atoms with Gasteiger partial charge in [0, 0.05) is 12.4 Å². The van der Waals surface area contributed by atoms with Gasteiger partial charge in [-0.1, -0.05) is 16.6 Å². The van der Waals surface area contributed by atoms with Crippen LogP contribution in [0.15, 0.2) is 17.4 Å². The van der Waals surface area contributed by atoms with Crippen LogP contribution in [-0.4, -0.2) is 21.8 Å². The first-order chi connectivity index (χ1) is 4.72. The topological polar surface area (TPSA) is 58.7 Å². The Morgan fingerprint density at radius 1 is 1.80 bits per heavy atom. The fourth-order valence-corrected chi connectivity index (χ4v) is 0.724. The molecule has 1 aliphatic rings. The molecule has 0 aliphatic carbocycles. The molecule has 5 nitrogen and oxygen atoms in total. The maximum absolute atomic E-state index is 10.1. The molecule has 0 aromatic rings. The van der Waals surface area contributed by atoms with E-state index in [-0.39, 0.29) is 0 Å². The predicted molar refractivity (Wildman–Crippen MR) is 36.1 cm³/mol. The highest BCUT2D eigenvalue weighted by atomic mass is 35.5. The first-order valence-electron chi connectivity index (χ1n) is 2.48. The van der Waals surface area contributed by atoms with Crippen molar-refractivity contribution in [2.24, 2.45) is 4.99 Å². The quantitative estimate of drug-likeness (QED) is 0.245. The van der Waals surface area contributed by atoms with Gasteiger partial charge in [-0.3, -0.25) is 4.99 Å². The van der Waals surface area contributed by atoms with E-state index in [0.29, 0.717) is 0 Å². The van der Waals surface area contributed by atoms with E-state index in [1.165, 1.54) is 18.6 Å². The Balaban J connectivity index is 2.70. The van der Waals surface area contributed by atoms with Crippen molar-refractivity contribution in [1.82, 2.24) is 5.01 Å². The number of nitrogens with zero attached hydrogens (tertiary/aromatic N) is 3. The minimum absolute atomic E-state index is 0.598. The highest BCUT2D eigenvalue weighted by Crippen LogP contribution is 2.06. The van der Waals surface area contributed by atoms with Crippen LogP contribution in [-0.2, 0) is 0 Å². The lowest BCUT2D eigenvalue weighted by Gasteiger charge is -2.13. The average molecular weight is 162 g/mol. The van der Waals surface area contributed by atoms with Crippen molar-refractivity contribution in [3.63, 3.8) is 0 Å². The molecule has 0 saturated carbocycles. The van der Waals surface area contributed by atoms with Gasteiger partial charge in [0.15, 0.2) is 5.03 Å². The summed E-state index contributed by atoms with van der Waals surface area (Å²) in [4.78, 5) is 13.7. The number of rotatable bonds is 1. The molecule has 6 heteroatoms. The van der Waals surface area contributed by atoms with Gasteiger partial charge in [0.25, 0.3) is 0 Å². The molecule has 0 fully saturated rings. The fraction of sp³-hybridized carbons (Fsp3) is 0.250. The second-order valence-electron chi connectivity index (χ2n) is 1.59. The van der Waals surface area contributed by atoms with Crippen molar-refractivity contribution in [1.29, 1.82) is 0 Å². The van der Waals surface area contributed by atoms with Gasteiger partial charge in [0.2, 0.25) is 5.50 Å². The summed E-state index contributed by atoms with van der Waals surface area (Å²) in [5.74, 6) is 0. The predicted octanol–water partition coefficient (Wildman–Crippen LogP) is 0.601. The number of halogens is 1. The highest BCUT2D eigenvalue weighted by Gasteiger charge is 2.21. The van der Waals surface area contributed by atoms with Crippen molar-refractivity contribution in [2.75, 3.05) is 0 Å². The van der Waals surface area contributed by atoms with Gasteiger partial charge < -0.3 is 0 Å². The Kier molecular flexibility index (Phi) is 1.86. The molecule has 1 atom stereocenters. The minimum atomic E-state index is -0.778. The van der Waals surface area contributed by atoms with Crippen molar-refractivity contribution in [3.8, 4) is 0 Å². The second-order valence-corrected chi connectivity index (χ2v) is 2.03. The number of nitro groups is 1. The van der Waals surface area contributed by atoms with Gasteiger partial charge >= 0.3 is 0 Å². The Bertz CT molecular complexity index is 203. The van der Waals surface area contributed by atoms with Crippen LogP contribution in [0.5, 0.6) is 0 Å². The van der Waals surface area contributed by atoms with E-state index in [4.69, 9.17) is 11.6 Å². The molecule has 1 rings (SSSR count). The zero-order chi connectivity index (χ0) is 7.56. The fourth-order valence-electron chi connectivity index (χ4n) is 0.523.